The van der Waals surface area contributed by atoms with E-state index in [9.17, 15) is 18.0 Å². The van der Waals surface area contributed by atoms with Crippen molar-refractivity contribution in [1.29, 1.82) is 0 Å². The maximum atomic E-state index is 12.8. The van der Waals surface area contributed by atoms with Gasteiger partial charge in [0.25, 0.3) is 0 Å². The molecule has 2 aromatic carbocycles. The SMILES string of the molecule is Cc1ccc(Sc2cccc(C(F)(F)F)c2C=O)cc1. The van der Waals surface area contributed by atoms with Crippen LogP contribution in [0.15, 0.2) is 52.3 Å². The number of hydrogen-bond acceptors (Lipinski definition) is 2. The molecule has 0 heterocycles. The zero-order chi connectivity index (χ0) is 14.8. The first-order valence-corrected chi connectivity index (χ1v) is 6.63. The average molecular weight is 296 g/mol. The first-order valence-electron chi connectivity index (χ1n) is 5.81. The minimum atomic E-state index is -4.53. The monoisotopic (exact) mass is 296 g/mol. The highest BCUT2D eigenvalue weighted by atomic mass is 32.2. The molecule has 0 saturated carbocycles. The topological polar surface area (TPSA) is 17.1 Å². The standard InChI is InChI=1S/C15H11F3OS/c1-10-5-7-11(8-6-10)20-14-4-2-3-13(12(14)9-19)15(16,17)18/h2-9H,1H3. The highest BCUT2D eigenvalue weighted by molar-refractivity contribution is 7.99. The minimum Gasteiger partial charge on any atom is -0.298 e. The molecular weight excluding hydrogens is 285 g/mol. The van der Waals surface area contributed by atoms with Gasteiger partial charge in [0.1, 0.15) is 0 Å². The lowest BCUT2D eigenvalue weighted by molar-refractivity contribution is -0.138. The zero-order valence-corrected chi connectivity index (χ0v) is 11.4. The van der Waals surface area contributed by atoms with Gasteiger partial charge in [-0.2, -0.15) is 13.2 Å². The molecule has 1 nitrogen and oxygen atoms in total. The fourth-order valence-electron chi connectivity index (χ4n) is 1.74. The van der Waals surface area contributed by atoms with Gasteiger partial charge in [-0.1, -0.05) is 35.5 Å². The number of benzene rings is 2. The summed E-state index contributed by atoms with van der Waals surface area (Å²) in [6.45, 7) is 1.93. The van der Waals surface area contributed by atoms with Gasteiger partial charge in [0, 0.05) is 15.4 Å². The van der Waals surface area contributed by atoms with E-state index in [1.54, 1.807) is 0 Å². The van der Waals surface area contributed by atoms with Crippen LogP contribution in [0.2, 0.25) is 0 Å². The van der Waals surface area contributed by atoms with Gasteiger partial charge in [-0.15, -0.1) is 0 Å². The van der Waals surface area contributed by atoms with Gasteiger partial charge in [-0.25, -0.2) is 0 Å². The highest BCUT2D eigenvalue weighted by Crippen LogP contribution is 2.37. The molecule has 2 aromatic rings. The molecule has 0 aromatic heterocycles. The fourth-order valence-corrected chi connectivity index (χ4v) is 2.68. The number of carbonyl (C=O) groups is 1. The van der Waals surface area contributed by atoms with Crippen molar-refractivity contribution in [3.63, 3.8) is 0 Å². The lowest BCUT2D eigenvalue weighted by atomic mass is 10.1. The number of aryl methyl sites for hydroxylation is 1. The van der Waals surface area contributed by atoms with E-state index >= 15 is 0 Å². The van der Waals surface area contributed by atoms with Crippen molar-refractivity contribution >= 4 is 18.0 Å². The van der Waals surface area contributed by atoms with E-state index in [2.05, 4.69) is 0 Å². The summed E-state index contributed by atoms with van der Waals surface area (Å²) in [6, 6.07) is 11.1. The summed E-state index contributed by atoms with van der Waals surface area (Å²) >= 11 is 1.15. The van der Waals surface area contributed by atoms with Crippen LogP contribution in [0, 0.1) is 6.92 Å². The van der Waals surface area contributed by atoms with Gasteiger partial charge >= 0.3 is 6.18 Å². The molecule has 0 spiro atoms. The van der Waals surface area contributed by atoms with Gasteiger partial charge in [0.2, 0.25) is 0 Å². The Morgan fingerprint density at radius 2 is 1.70 bits per heavy atom. The van der Waals surface area contributed by atoms with Crippen LogP contribution in [0.25, 0.3) is 0 Å². The highest BCUT2D eigenvalue weighted by Gasteiger charge is 2.34. The normalized spacial score (nSPS) is 11.4. The van der Waals surface area contributed by atoms with Crippen LogP contribution < -0.4 is 0 Å². The van der Waals surface area contributed by atoms with Crippen molar-refractivity contribution in [2.75, 3.05) is 0 Å². The Kier molecular flexibility index (Phi) is 4.18. The summed E-state index contributed by atoms with van der Waals surface area (Å²) in [5, 5.41) is 0. The summed E-state index contributed by atoms with van der Waals surface area (Å²) < 4.78 is 38.5. The zero-order valence-electron chi connectivity index (χ0n) is 10.6. The molecule has 5 heteroatoms. The van der Waals surface area contributed by atoms with E-state index in [0.717, 1.165) is 28.3 Å². The molecule has 0 N–H and O–H groups in total. The quantitative estimate of drug-likeness (QED) is 0.743. The molecule has 0 unspecified atom stereocenters. The molecule has 0 aliphatic carbocycles. The van der Waals surface area contributed by atoms with Gasteiger partial charge < -0.3 is 0 Å². The van der Waals surface area contributed by atoms with Gasteiger partial charge in [-0.05, 0) is 31.2 Å². The first-order chi connectivity index (χ1) is 9.41. The first kappa shape index (κ1) is 14.7. The van der Waals surface area contributed by atoms with E-state index in [1.165, 1.54) is 12.1 Å². The number of rotatable bonds is 3. The van der Waals surface area contributed by atoms with Crippen LogP contribution in [-0.4, -0.2) is 6.29 Å². The predicted molar refractivity (Wildman–Crippen MR) is 72.1 cm³/mol. The van der Waals surface area contributed by atoms with Crippen LogP contribution >= 0.6 is 11.8 Å². The Morgan fingerprint density at radius 3 is 2.25 bits per heavy atom. The van der Waals surface area contributed by atoms with Crippen LogP contribution in [-0.2, 0) is 6.18 Å². The molecule has 0 fully saturated rings. The molecule has 0 aliphatic heterocycles. The largest absolute Gasteiger partial charge is 0.417 e. The molecule has 0 radical (unpaired) electrons. The van der Waals surface area contributed by atoms with E-state index in [0.29, 0.717) is 4.90 Å². The van der Waals surface area contributed by atoms with Crippen LogP contribution in [0.4, 0.5) is 13.2 Å². The van der Waals surface area contributed by atoms with Crippen molar-refractivity contribution in [3.05, 3.63) is 59.2 Å². The maximum absolute atomic E-state index is 12.8. The number of aldehydes is 1. The second-order valence-electron chi connectivity index (χ2n) is 4.25. The molecule has 0 saturated heterocycles. The second kappa shape index (κ2) is 5.71. The Labute approximate surface area is 118 Å². The Balaban J connectivity index is 2.42. The summed E-state index contributed by atoms with van der Waals surface area (Å²) in [4.78, 5) is 12.1. The van der Waals surface area contributed by atoms with E-state index in [4.69, 9.17) is 0 Å². The van der Waals surface area contributed by atoms with Gasteiger partial charge in [0.15, 0.2) is 6.29 Å². The predicted octanol–water partition coefficient (Wildman–Crippen LogP) is 4.98. The average Bonchev–Trinajstić information content (AvgIpc) is 2.40. The second-order valence-corrected chi connectivity index (χ2v) is 5.36. The summed E-state index contributed by atoms with van der Waals surface area (Å²) in [5.74, 6) is 0. The van der Waals surface area contributed by atoms with Crippen LogP contribution in [0.5, 0.6) is 0 Å². The molecular formula is C15H11F3OS. The van der Waals surface area contributed by atoms with E-state index in [-0.39, 0.29) is 11.8 Å². The Hall–Kier alpha value is -1.75. The maximum Gasteiger partial charge on any atom is 0.417 e. The molecule has 2 rings (SSSR count). The van der Waals surface area contributed by atoms with Crippen molar-refractivity contribution in [2.24, 2.45) is 0 Å². The fraction of sp³-hybridized carbons (Fsp3) is 0.133. The third kappa shape index (κ3) is 3.22. The third-order valence-electron chi connectivity index (χ3n) is 2.74. The van der Waals surface area contributed by atoms with Gasteiger partial charge in [-0.3, -0.25) is 4.79 Å². The van der Waals surface area contributed by atoms with E-state index in [1.807, 2.05) is 31.2 Å². The number of carbonyl (C=O) groups excluding carboxylic acids is 1. The lowest BCUT2D eigenvalue weighted by Gasteiger charge is -2.12. The molecule has 0 bridgehead atoms. The molecule has 20 heavy (non-hydrogen) atoms. The van der Waals surface area contributed by atoms with Crippen molar-refractivity contribution in [1.82, 2.24) is 0 Å². The number of alkyl halides is 3. The molecule has 104 valence electrons. The summed E-state index contributed by atoms with van der Waals surface area (Å²) in [6.07, 6.45) is -4.26. The van der Waals surface area contributed by atoms with E-state index < -0.39 is 11.7 Å². The number of halogens is 3. The molecule has 0 atom stereocenters. The number of hydrogen-bond donors (Lipinski definition) is 0. The van der Waals surface area contributed by atoms with Crippen molar-refractivity contribution in [2.45, 2.75) is 22.9 Å². The Bertz CT molecular complexity index is 618. The van der Waals surface area contributed by atoms with Crippen molar-refractivity contribution in [3.8, 4) is 0 Å². The summed E-state index contributed by atoms with van der Waals surface area (Å²) in [5.41, 5.74) is -0.149. The smallest absolute Gasteiger partial charge is 0.298 e. The third-order valence-corrected chi connectivity index (χ3v) is 3.82. The van der Waals surface area contributed by atoms with Crippen LogP contribution in [0.3, 0.4) is 0 Å². The lowest BCUT2D eigenvalue weighted by Crippen LogP contribution is -2.09. The minimum absolute atomic E-state index is 0.263. The molecule has 0 aliphatic rings. The van der Waals surface area contributed by atoms with Gasteiger partial charge in [0.05, 0.1) is 5.56 Å². The van der Waals surface area contributed by atoms with Crippen LogP contribution in [0.1, 0.15) is 21.5 Å². The molecule has 0 amide bonds. The van der Waals surface area contributed by atoms with Crippen molar-refractivity contribution < 1.29 is 18.0 Å². The Morgan fingerprint density at radius 1 is 1.05 bits per heavy atom. The summed E-state index contributed by atoms with van der Waals surface area (Å²) in [7, 11) is 0.